The number of halogens is 1. The van der Waals surface area contributed by atoms with Crippen LogP contribution in [-0.2, 0) is 0 Å². The standard InChI is InChI=1S/C7H9FOS/c1-6-7(2-5-10-6)9-4-3-8/h2,5H,3-4H2,1H3. The minimum atomic E-state index is -0.421. The summed E-state index contributed by atoms with van der Waals surface area (Å²) in [5.41, 5.74) is 0. The number of rotatable bonds is 3. The minimum Gasteiger partial charge on any atom is -0.490 e. The number of hydrogen-bond donors (Lipinski definition) is 0. The van der Waals surface area contributed by atoms with Gasteiger partial charge >= 0.3 is 0 Å². The molecule has 0 aromatic carbocycles. The molecule has 0 N–H and O–H groups in total. The highest BCUT2D eigenvalue weighted by Gasteiger charge is 1.97. The van der Waals surface area contributed by atoms with Crippen molar-refractivity contribution in [3.8, 4) is 5.75 Å². The molecular weight excluding hydrogens is 151 g/mol. The fraction of sp³-hybridized carbons (Fsp3) is 0.429. The summed E-state index contributed by atoms with van der Waals surface area (Å²) in [6, 6.07) is 1.86. The average Bonchev–Trinajstić information content (AvgIpc) is 2.31. The van der Waals surface area contributed by atoms with Crippen LogP contribution in [0.3, 0.4) is 0 Å². The zero-order chi connectivity index (χ0) is 7.40. The maximum atomic E-state index is 11.6. The molecule has 0 saturated heterocycles. The Kier molecular flexibility index (Phi) is 2.68. The second kappa shape index (κ2) is 3.56. The second-order valence-electron chi connectivity index (χ2n) is 1.88. The summed E-state index contributed by atoms with van der Waals surface area (Å²) >= 11 is 1.61. The van der Waals surface area contributed by atoms with Gasteiger partial charge in [0.1, 0.15) is 19.0 Å². The molecule has 0 atom stereocenters. The van der Waals surface area contributed by atoms with Crippen molar-refractivity contribution < 1.29 is 9.13 Å². The number of aryl methyl sites for hydroxylation is 1. The maximum absolute atomic E-state index is 11.6. The smallest absolute Gasteiger partial charge is 0.133 e. The maximum Gasteiger partial charge on any atom is 0.133 e. The molecule has 1 rings (SSSR count). The first-order valence-electron chi connectivity index (χ1n) is 3.07. The second-order valence-corrected chi connectivity index (χ2v) is 3.00. The van der Waals surface area contributed by atoms with E-state index in [9.17, 15) is 4.39 Å². The molecule has 1 heterocycles. The highest BCUT2D eigenvalue weighted by atomic mass is 32.1. The first-order chi connectivity index (χ1) is 4.84. The molecule has 0 fully saturated rings. The summed E-state index contributed by atoms with van der Waals surface area (Å²) in [7, 11) is 0. The van der Waals surface area contributed by atoms with Crippen molar-refractivity contribution in [1.29, 1.82) is 0 Å². The van der Waals surface area contributed by atoms with Gasteiger partial charge in [-0.3, -0.25) is 0 Å². The number of thiophene rings is 1. The average molecular weight is 160 g/mol. The van der Waals surface area contributed by atoms with Crippen LogP contribution in [0.5, 0.6) is 5.75 Å². The molecule has 0 radical (unpaired) electrons. The lowest BCUT2D eigenvalue weighted by Crippen LogP contribution is -1.97. The van der Waals surface area contributed by atoms with Crippen LogP contribution in [0.2, 0.25) is 0 Å². The third kappa shape index (κ3) is 1.70. The van der Waals surface area contributed by atoms with Crippen molar-refractivity contribution in [2.45, 2.75) is 6.92 Å². The molecule has 0 amide bonds. The summed E-state index contributed by atoms with van der Waals surface area (Å²) in [6.07, 6.45) is 0. The van der Waals surface area contributed by atoms with Gasteiger partial charge in [0.15, 0.2) is 0 Å². The fourth-order valence-electron chi connectivity index (χ4n) is 0.672. The summed E-state index contributed by atoms with van der Waals surface area (Å²) in [6.45, 7) is 1.70. The molecular formula is C7H9FOS. The van der Waals surface area contributed by atoms with Crippen molar-refractivity contribution in [3.63, 3.8) is 0 Å². The Bertz CT molecular complexity index is 197. The third-order valence-electron chi connectivity index (χ3n) is 1.15. The van der Waals surface area contributed by atoms with Crippen LogP contribution in [0.15, 0.2) is 11.4 Å². The highest BCUT2D eigenvalue weighted by Crippen LogP contribution is 2.22. The topological polar surface area (TPSA) is 9.23 Å². The summed E-state index contributed by atoms with van der Waals surface area (Å²) in [5.74, 6) is 0.808. The number of ether oxygens (including phenoxy) is 1. The monoisotopic (exact) mass is 160 g/mol. The van der Waals surface area contributed by atoms with Gasteiger partial charge in [-0.05, 0) is 18.4 Å². The van der Waals surface area contributed by atoms with E-state index in [0.29, 0.717) is 0 Å². The van der Waals surface area contributed by atoms with Gasteiger partial charge in [0.25, 0.3) is 0 Å². The molecule has 1 aromatic rings. The molecule has 0 aliphatic carbocycles. The van der Waals surface area contributed by atoms with Gasteiger partial charge in [-0.2, -0.15) is 0 Å². The van der Waals surface area contributed by atoms with E-state index < -0.39 is 6.67 Å². The van der Waals surface area contributed by atoms with Crippen molar-refractivity contribution in [1.82, 2.24) is 0 Å². The molecule has 1 nitrogen and oxygen atoms in total. The SMILES string of the molecule is Cc1sccc1OCCF. The fourth-order valence-corrected chi connectivity index (χ4v) is 1.31. The van der Waals surface area contributed by atoms with E-state index in [4.69, 9.17) is 4.74 Å². The van der Waals surface area contributed by atoms with E-state index in [-0.39, 0.29) is 6.61 Å². The molecule has 0 aliphatic heterocycles. The molecule has 56 valence electrons. The lowest BCUT2D eigenvalue weighted by Gasteiger charge is -1.99. The highest BCUT2D eigenvalue weighted by molar-refractivity contribution is 7.10. The van der Waals surface area contributed by atoms with E-state index in [1.807, 2.05) is 18.4 Å². The van der Waals surface area contributed by atoms with Gasteiger partial charge in [0.2, 0.25) is 0 Å². The largest absolute Gasteiger partial charge is 0.490 e. The van der Waals surface area contributed by atoms with Crippen LogP contribution in [0, 0.1) is 6.92 Å². The third-order valence-corrected chi connectivity index (χ3v) is 1.97. The van der Waals surface area contributed by atoms with Crippen molar-refractivity contribution >= 4 is 11.3 Å². The zero-order valence-electron chi connectivity index (χ0n) is 5.76. The molecule has 1 aromatic heterocycles. The molecule has 0 spiro atoms. The summed E-state index contributed by atoms with van der Waals surface area (Å²) < 4.78 is 16.7. The predicted octanol–water partition coefficient (Wildman–Crippen LogP) is 2.40. The van der Waals surface area contributed by atoms with E-state index in [0.717, 1.165) is 10.6 Å². The van der Waals surface area contributed by atoms with Crippen LogP contribution in [0.25, 0.3) is 0 Å². The van der Waals surface area contributed by atoms with E-state index >= 15 is 0 Å². The quantitative estimate of drug-likeness (QED) is 0.659. The van der Waals surface area contributed by atoms with Crippen molar-refractivity contribution in [2.75, 3.05) is 13.3 Å². The van der Waals surface area contributed by atoms with Gasteiger partial charge in [-0.1, -0.05) is 0 Å². The first kappa shape index (κ1) is 7.54. The number of alkyl halides is 1. The van der Waals surface area contributed by atoms with Crippen LogP contribution in [0.1, 0.15) is 4.88 Å². The Morgan fingerprint density at radius 3 is 3.00 bits per heavy atom. The first-order valence-corrected chi connectivity index (χ1v) is 3.95. The molecule has 0 aliphatic rings. The predicted molar refractivity (Wildman–Crippen MR) is 40.5 cm³/mol. The number of hydrogen-bond acceptors (Lipinski definition) is 2. The summed E-state index contributed by atoms with van der Waals surface area (Å²) in [5, 5.41) is 1.93. The van der Waals surface area contributed by atoms with Gasteiger partial charge in [-0.25, -0.2) is 4.39 Å². The zero-order valence-corrected chi connectivity index (χ0v) is 6.58. The summed E-state index contributed by atoms with van der Waals surface area (Å²) in [4.78, 5) is 1.11. The van der Waals surface area contributed by atoms with Crippen LogP contribution in [-0.4, -0.2) is 13.3 Å². The van der Waals surface area contributed by atoms with Gasteiger partial charge in [-0.15, -0.1) is 11.3 Å². The van der Waals surface area contributed by atoms with Crippen molar-refractivity contribution in [3.05, 3.63) is 16.3 Å². The Hall–Kier alpha value is -0.570. The van der Waals surface area contributed by atoms with E-state index in [2.05, 4.69) is 0 Å². The molecule has 3 heteroatoms. The lowest BCUT2D eigenvalue weighted by atomic mass is 10.5. The van der Waals surface area contributed by atoms with Crippen molar-refractivity contribution in [2.24, 2.45) is 0 Å². The van der Waals surface area contributed by atoms with Crippen LogP contribution >= 0.6 is 11.3 Å². The Balaban J connectivity index is 2.49. The molecule has 0 saturated carbocycles. The van der Waals surface area contributed by atoms with Gasteiger partial charge in [0.05, 0.1) is 0 Å². The Labute approximate surface area is 63.4 Å². The van der Waals surface area contributed by atoms with E-state index in [1.165, 1.54) is 0 Å². The minimum absolute atomic E-state index is 0.164. The van der Waals surface area contributed by atoms with E-state index in [1.54, 1.807) is 11.3 Å². The van der Waals surface area contributed by atoms with Gasteiger partial charge in [0, 0.05) is 4.88 Å². The Morgan fingerprint density at radius 2 is 2.50 bits per heavy atom. The lowest BCUT2D eigenvalue weighted by molar-refractivity contribution is 0.273. The molecule has 0 unspecified atom stereocenters. The van der Waals surface area contributed by atoms with Crippen LogP contribution < -0.4 is 4.74 Å². The molecule has 10 heavy (non-hydrogen) atoms. The Morgan fingerprint density at radius 1 is 1.70 bits per heavy atom. The molecule has 0 bridgehead atoms. The normalized spacial score (nSPS) is 9.80. The van der Waals surface area contributed by atoms with Crippen LogP contribution in [0.4, 0.5) is 4.39 Å². The van der Waals surface area contributed by atoms with Gasteiger partial charge < -0.3 is 4.74 Å².